The molecule has 5 aromatic carbocycles. The Balaban J connectivity index is 0.758. The van der Waals surface area contributed by atoms with E-state index in [4.69, 9.17) is 25.8 Å². The second-order valence-corrected chi connectivity index (χ2v) is 16.5. The molecule has 11 nitrogen and oxygen atoms in total. The van der Waals surface area contributed by atoms with Gasteiger partial charge in [0, 0.05) is 36.5 Å². The second-order valence-electron chi connectivity index (χ2n) is 16.1. The zero-order chi connectivity index (χ0) is 45.0. The first kappa shape index (κ1) is 43.5. The van der Waals surface area contributed by atoms with Gasteiger partial charge in [0.05, 0.1) is 41.8 Å². The number of hydrogen-bond acceptors (Lipinski definition) is 8. The van der Waals surface area contributed by atoms with Crippen LogP contribution in [0.25, 0.3) is 32.8 Å². The standard InChI is InChI=1S/C51H45ClF2N6O5/c1-3-40(41-14-11-36(53)27-44(41)52)46(34-10-15-45-33(23-34)16-17-55-45)32-8-12-39(13-9-32)65-21-20-63-18-19-64-28-38(61)22-30-4-6-31(7-5-30)42-25-35-24-37(54)26-43-47(35)49(58-59-51(43)62)48(42)50-56-29-57-60(50)2/h4-17,23-24,26-27,29,42,48,55H,3,18-22,25,28H2,1-2H3,(H,59,62)/b46-40+/t42-,48-/m1/s1. The average molecular weight is 895 g/mol. The van der Waals surface area contributed by atoms with Crippen LogP contribution in [0, 0.1) is 11.6 Å². The van der Waals surface area contributed by atoms with E-state index in [9.17, 15) is 18.4 Å². The van der Waals surface area contributed by atoms with Crippen molar-refractivity contribution in [2.75, 3.05) is 33.0 Å². The minimum atomic E-state index is -0.481. The van der Waals surface area contributed by atoms with Crippen LogP contribution >= 0.6 is 11.6 Å². The molecule has 2 N–H and O–H groups in total. The SMILES string of the molecule is CC/C(=C(/c1ccc(OCCOCCOCC(=O)Cc2ccc([C@H]3Cc4cc(F)cc5c(=O)[nH]nc(c45)[C@@H]3c3ncnn3C)cc2)cc1)c1ccc2[nH]ccc2c1)c1ccc(F)cc1Cl. The molecule has 0 saturated heterocycles. The highest BCUT2D eigenvalue weighted by molar-refractivity contribution is 6.32. The molecule has 14 heteroatoms. The number of ether oxygens (including phenoxy) is 3. The Kier molecular flexibility index (Phi) is 12.8. The van der Waals surface area contributed by atoms with E-state index in [2.05, 4.69) is 50.4 Å². The van der Waals surface area contributed by atoms with Crippen molar-refractivity contribution in [2.45, 2.75) is 38.0 Å². The zero-order valence-electron chi connectivity index (χ0n) is 35.7. The highest BCUT2D eigenvalue weighted by Crippen LogP contribution is 2.46. The maximum Gasteiger partial charge on any atom is 0.272 e. The summed E-state index contributed by atoms with van der Waals surface area (Å²) in [6, 6.07) is 31.2. The van der Waals surface area contributed by atoms with Crippen molar-refractivity contribution in [1.29, 1.82) is 0 Å². The quantitative estimate of drug-likeness (QED) is 0.0682. The predicted molar refractivity (Wildman–Crippen MR) is 246 cm³/mol. The van der Waals surface area contributed by atoms with E-state index >= 15 is 0 Å². The number of ketones is 1. The lowest BCUT2D eigenvalue weighted by Gasteiger charge is -2.32. The lowest BCUT2D eigenvalue weighted by molar-refractivity contribution is -0.123. The van der Waals surface area contributed by atoms with Gasteiger partial charge in [0.25, 0.3) is 5.56 Å². The van der Waals surface area contributed by atoms with Crippen LogP contribution in [0.2, 0.25) is 5.02 Å². The predicted octanol–water partition coefficient (Wildman–Crippen LogP) is 9.53. The molecule has 0 spiro atoms. The van der Waals surface area contributed by atoms with Crippen LogP contribution in [0.5, 0.6) is 5.75 Å². The van der Waals surface area contributed by atoms with E-state index in [1.54, 1.807) is 17.8 Å². The Bertz CT molecular complexity index is 3110. The number of allylic oxidation sites excluding steroid dienone is 1. The molecule has 3 heterocycles. The summed E-state index contributed by atoms with van der Waals surface area (Å²) >= 11 is 6.60. The van der Waals surface area contributed by atoms with E-state index in [-0.39, 0.29) is 48.5 Å². The maximum absolute atomic E-state index is 14.7. The molecule has 0 bridgehead atoms. The molecule has 9 rings (SSSR count). The number of aromatic amines is 2. The number of Topliss-reactive ketones (excluding diaryl/α,β-unsaturated/α-hetero) is 1. The third-order valence-corrected chi connectivity index (χ3v) is 12.3. The number of carbonyl (C=O) groups is 1. The van der Waals surface area contributed by atoms with E-state index < -0.39 is 11.4 Å². The number of carbonyl (C=O) groups excluding carboxylic acids is 1. The number of aryl methyl sites for hydroxylation is 1. The summed E-state index contributed by atoms with van der Waals surface area (Å²) in [5, 5.41) is 13.6. The molecule has 65 heavy (non-hydrogen) atoms. The molecule has 0 radical (unpaired) electrons. The first-order valence-corrected chi connectivity index (χ1v) is 21.8. The third-order valence-electron chi connectivity index (χ3n) is 12.0. The van der Waals surface area contributed by atoms with Crippen LogP contribution in [-0.4, -0.2) is 68.8 Å². The normalized spacial score (nSPS) is 15.1. The van der Waals surface area contributed by atoms with Crippen LogP contribution in [-0.2, 0) is 34.2 Å². The Labute approximate surface area is 378 Å². The molecule has 0 amide bonds. The average Bonchev–Trinajstić information content (AvgIpc) is 3.96. The van der Waals surface area contributed by atoms with Crippen LogP contribution in [0.4, 0.5) is 8.78 Å². The molecule has 1 aliphatic carbocycles. The van der Waals surface area contributed by atoms with Gasteiger partial charge < -0.3 is 19.2 Å². The molecule has 2 atom stereocenters. The molecule has 1 aliphatic rings. The van der Waals surface area contributed by atoms with E-state index in [0.717, 1.165) is 49.9 Å². The number of benzene rings is 5. The molecule has 0 fully saturated rings. The summed E-state index contributed by atoms with van der Waals surface area (Å²) < 4.78 is 47.8. The second kappa shape index (κ2) is 19.1. The van der Waals surface area contributed by atoms with E-state index in [1.807, 2.05) is 60.8 Å². The Morgan fingerprint density at radius 2 is 1.66 bits per heavy atom. The van der Waals surface area contributed by atoms with Crippen LogP contribution in [0.15, 0.2) is 120 Å². The molecule has 330 valence electrons. The summed E-state index contributed by atoms with van der Waals surface area (Å²) in [6.45, 7) is 3.22. The summed E-state index contributed by atoms with van der Waals surface area (Å²) in [6.07, 6.45) is 4.72. The highest BCUT2D eigenvalue weighted by Gasteiger charge is 2.38. The van der Waals surface area contributed by atoms with Crippen LogP contribution in [0.3, 0.4) is 0 Å². The number of H-pyrrole nitrogens is 2. The van der Waals surface area contributed by atoms with Gasteiger partial charge in [-0.3, -0.25) is 14.3 Å². The van der Waals surface area contributed by atoms with Crippen molar-refractivity contribution in [3.8, 4) is 5.75 Å². The Morgan fingerprint density at radius 3 is 2.43 bits per heavy atom. The first-order valence-electron chi connectivity index (χ1n) is 21.4. The molecule has 0 saturated carbocycles. The highest BCUT2D eigenvalue weighted by atomic mass is 35.5. The number of nitrogens with zero attached hydrogens (tertiary/aromatic N) is 4. The van der Waals surface area contributed by atoms with E-state index in [1.165, 1.54) is 30.6 Å². The van der Waals surface area contributed by atoms with Gasteiger partial charge in [0.1, 0.15) is 42.7 Å². The van der Waals surface area contributed by atoms with Gasteiger partial charge in [-0.15, -0.1) is 0 Å². The van der Waals surface area contributed by atoms with Crippen LogP contribution < -0.4 is 10.3 Å². The molecule has 8 aromatic rings. The van der Waals surface area contributed by atoms with E-state index in [0.29, 0.717) is 65.9 Å². The zero-order valence-corrected chi connectivity index (χ0v) is 36.5. The van der Waals surface area contributed by atoms with Crippen molar-refractivity contribution in [3.05, 3.63) is 188 Å². The minimum Gasteiger partial charge on any atom is -0.491 e. The van der Waals surface area contributed by atoms with Crippen molar-refractivity contribution < 1.29 is 27.8 Å². The largest absolute Gasteiger partial charge is 0.491 e. The fraction of sp³-hybridized carbons (Fsp3) is 0.235. The number of fused-ring (bicyclic) bond motifs is 1. The lowest BCUT2D eigenvalue weighted by atomic mass is 9.73. The summed E-state index contributed by atoms with van der Waals surface area (Å²) in [7, 11) is 1.81. The number of aromatic nitrogens is 6. The first-order chi connectivity index (χ1) is 31.6. The minimum absolute atomic E-state index is 0.0519. The lowest BCUT2D eigenvalue weighted by Crippen LogP contribution is -2.27. The van der Waals surface area contributed by atoms with Gasteiger partial charge in [-0.25, -0.2) is 18.9 Å². The molecular weight excluding hydrogens is 850 g/mol. The monoisotopic (exact) mass is 894 g/mol. The van der Waals surface area contributed by atoms with Crippen molar-refractivity contribution in [1.82, 2.24) is 29.9 Å². The van der Waals surface area contributed by atoms with Crippen molar-refractivity contribution in [3.63, 3.8) is 0 Å². The topological polar surface area (TPSA) is 137 Å². The van der Waals surface area contributed by atoms with Gasteiger partial charge in [-0.05, 0) is 117 Å². The van der Waals surface area contributed by atoms with Gasteiger partial charge >= 0.3 is 0 Å². The maximum atomic E-state index is 14.7. The van der Waals surface area contributed by atoms with Gasteiger partial charge in [-0.1, -0.05) is 67.1 Å². The number of rotatable bonds is 17. The molecule has 0 aliphatic heterocycles. The third kappa shape index (κ3) is 9.26. The summed E-state index contributed by atoms with van der Waals surface area (Å²) in [4.78, 5) is 33.3. The number of halogens is 3. The fourth-order valence-corrected chi connectivity index (χ4v) is 9.25. The van der Waals surface area contributed by atoms with Crippen molar-refractivity contribution in [2.24, 2.45) is 7.05 Å². The van der Waals surface area contributed by atoms with Gasteiger partial charge in [0.2, 0.25) is 0 Å². The molecule has 0 unspecified atom stereocenters. The number of nitrogens with one attached hydrogen (secondary N) is 2. The molecule has 3 aromatic heterocycles. The summed E-state index contributed by atoms with van der Waals surface area (Å²) in [5.74, 6) is -0.121. The smallest absolute Gasteiger partial charge is 0.272 e. The van der Waals surface area contributed by atoms with Crippen LogP contribution in [0.1, 0.15) is 70.1 Å². The Hall–Kier alpha value is -6.80. The fourth-order valence-electron chi connectivity index (χ4n) is 8.97. The van der Waals surface area contributed by atoms with Gasteiger partial charge in [-0.2, -0.15) is 10.2 Å². The number of hydrogen-bond donors (Lipinski definition) is 2. The Morgan fingerprint density at radius 1 is 0.877 bits per heavy atom. The van der Waals surface area contributed by atoms with Crippen molar-refractivity contribution >= 4 is 50.2 Å². The van der Waals surface area contributed by atoms with Gasteiger partial charge in [0.15, 0.2) is 5.78 Å². The summed E-state index contributed by atoms with van der Waals surface area (Å²) in [5.41, 5.74) is 8.48. The molecular formula is C51H45ClF2N6O5.